The molecular formula is C13H16N2O3. The predicted octanol–water partition coefficient (Wildman–Crippen LogP) is 2.75. The second-order valence-corrected chi connectivity index (χ2v) is 5.31. The highest BCUT2D eigenvalue weighted by Crippen LogP contribution is 2.47. The van der Waals surface area contributed by atoms with Crippen molar-refractivity contribution in [2.45, 2.75) is 40.0 Å². The van der Waals surface area contributed by atoms with Gasteiger partial charge in [0.1, 0.15) is 0 Å². The number of carbonyl (C=O) groups is 1. The Morgan fingerprint density at radius 1 is 1.11 bits per heavy atom. The number of hydrogen-bond acceptors (Lipinski definition) is 3. The molecule has 1 aliphatic rings. The maximum Gasteiger partial charge on any atom is 0.278 e. The summed E-state index contributed by atoms with van der Waals surface area (Å²) < 4.78 is 0. The Morgan fingerprint density at radius 2 is 1.67 bits per heavy atom. The molecule has 0 atom stereocenters. The van der Waals surface area contributed by atoms with Gasteiger partial charge in [0, 0.05) is 5.56 Å². The highest BCUT2D eigenvalue weighted by molar-refractivity contribution is 6.08. The molecule has 1 aromatic carbocycles. The summed E-state index contributed by atoms with van der Waals surface area (Å²) in [4.78, 5) is 22.9. The van der Waals surface area contributed by atoms with Gasteiger partial charge in [-0.1, -0.05) is 0 Å². The molecule has 0 fully saturated rings. The topological polar surface area (TPSA) is 72.2 Å². The van der Waals surface area contributed by atoms with E-state index in [4.69, 9.17) is 0 Å². The smallest absolute Gasteiger partial charge is 0.278 e. The van der Waals surface area contributed by atoms with E-state index in [2.05, 4.69) is 5.32 Å². The Balaban J connectivity index is 2.95. The minimum atomic E-state index is -0.860. The second kappa shape index (κ2) is 3.54. The molecule has 0 aliphatic carbocycles. The third-order valence-electron chi connectivity index (χ3n) is 3.96. The molecule has 0 aromatic heterocycles. The van der Waals surface area contributed by atoms with Crippen LogP contribution in [0.25, 0.3) is 0 Å². The molecule has 1 aliphatic heterocycles. The van der Waals surface area contributed by atoms with E-state index in [1.165, 1.54) is 0 Å². The molecule has 0 unspecified atom stereocenters. The van der Waals surface area contributed by atoms with Gasteiger partial charge >= 0.3 is 0 Å². The van der Waals surface area contributed by atoms with Gasteiger partial charge in [-0.05, 0) is 45.7 Å². The van der Waals surface area contributed by atoms with Crippen LogP contribution in [0, 0.1) is 30.9 Å². The molecule has 5 heteroatoms. The van der Waals surface area contributed by atoms with E-state index in [0.717, 1.165) is 11.1 Å². The SMILES string of the molecule is Cc1c(C)c2c(c([N+](=O)[O-])c1C)C(C)(C)C(=O)N2. The van der Waals surface area contributed by atoms with Crippen molar-refractivity contribution < 1.29 is 9.72 Å². The van der Waals surface area contributed by atoms with E-state index in [9.17, 15) is 14.9 Å². The molecule has 0 saturated carbocycles. The molecule has 1 amide bonds. The first-order chi connectivity index (χ1) is 8.19. The number of hydrogen-bond donors (Lipinski definition) is 1. The second-order valence-electron chi connectivity index (χ2n) is 5.31. The van der Waals surface area contributed by atoms with Crippen LogP contribution < -0.4 is 5.32 Å². The fourth-order valence-electron chi connectivity index (χ4n) is 2.52. The molecule has 0 bridgehead atoms. The number of nitro groups is 1. The minimum absolute atomic E-state index is 0.0662. The van der Waals surface area contributed by atoms with Crippen LogP contribution in [0.4, 0.5) is 11.4 Å². The number of nitrogens with one attached hydrogen (secondary N) is 1. The number of benzene rings is 1. The third-order valence-corrected chi connectivity index (χ3v) is 3.96. The molecule has 18 heavy (non-hydrogen) atoms. The van der Waals surface area contributed by atoms with Crippen molar-refractivity contribution in [3.05, 3.63) is 32.4 Å². The lowest BCUT2D eigenvalue weighted by Gasteiger charge is -2.18. The summed E-state index contributed by atoms with van der Waals surface area (Å²) in [5, 5.41) is 14.1. The summed E-state index contributed by atoms with van der Waals surface area (Å²) in [5.41, 5.74) is 2.74. The van der Waals surface area contributed by atoms with Crippen molar-refractivity contribution >= 4 is 17.3 Å². The Labute approximate surface area is 105 Å². The quantitative estimate of drug-likeness (QED) is 0.613. The third kappa shape index (κ3) is 1.36. The number of carbonyl (C=O) groups excluding carboxylic acids is 1. The lowest BCUT2D eigenvalue weighted by molar-refractivity contribution is -0.386. The van der Waals surface area contributed by atoms with Crippen LogP contribution in [0.3, 0.4) is 0 Å². The Kier molecular flexibility index (Phi) is 2.47. The van der Waals surface area contributed by atoms with Crippen molar-refractivity contribution in [2.75, 3.05) is 5.32 Å². The number of amides is 1. The number of nitrogens with zero attached hydrogens (tertiary/aromatic N) is 1. The van der Waals surface area contributed by atoms with Crippen LogP contribution in [-0.2, 0) is 10.2 Å². The van der Waals surface area contributed by atoms with Gasteiger partial charge in [-0.3, -0.25) is 14.9 Å². The van der Waals surface area contributed by atoms with Crippen molar-refractivity contribution in [1.82, 2.24) is 0 Å². The summed E-state index contributed by atoms with van der Waals surface area (Å²) in [5.74, 6) is -0.186. The van der Waals surface area contributed by atoms with Crippen molar-refractivity contribution in [3.8, 4) is 0 Å². The van der Waals surface area contributed by atoms with Gasteiger partial charge in [0.05, 0.1) is 21.6 Å². The predicted molar refractivity (Wildman–Crippen MR) is 69.0 cm³/mol. The molecule has 0 radical (unpaired) electrons. The Morgan fingerprint density at radius 3 is 2.17 bits per heavy atom. The molecule has 1 N–H and O–H groups in total. The fraction of sp³-hybridized carbons (Fsp3) is 0.462. The first kappa shape index (κ1) is 12.5. The molecule has 5 nitrogen and oxygen atoms in total. The summed E-state index contributed by atoms with van der Waals surface area (Å²) in [6, 6.07) is 0. The number of fused-ring (bicyclic) bond motifs is 1. The maximum absolute atomic E-state index is 12.0. The molecular weight excluding hydrogens is 232 g/mol. The number of rotatable bonds is 1. The standard InChI is InChI=1S/C13H16N2O3/c1-6-7(2)10-9(11(8(6)3)15(17)18)13(4,5)12(16)14-10/h1-5H3,(H,14,16). The van der Waals surface area contributed by atoms with Gasteiger partial charge in [-0.2, -0.15) is 0 Å². The molecule has 1 aromatic rings. The summed E-state index contributed by atoms with van der Waals surface area (Å²) in [6.07, 6.45) is 0. The largest absolute Gasteiger partial charge is 0.325 e. The monoisotopic (exact) mass is 248 g/mol. The number of nitro benzene ring substituents is 1. The zero-order valence-corrected chi connectivity index (χ0v) is 11.2. The zero-order chi connectivity index (χ0) is 13.8. The van der Waals surface area contributed by atoms with Gasteiger partial charge in [0.15, 0.2) is 0 Å². The van der Waals surface area contributed by atoms with Crippen LogP contribution in [-0.4, -0.2) is 10.8 Å². The zero-order valence-electron chi connectivity index (χ0n) is 11.2. The van der Waals surface area contributed by atoms with Crippen LogP contribution in [0.5, 0.6) is 0 Å². The summed E-state index contributed by atoms with van der Waals surface area (Å²) in [7, 11) is 0. The lowest BCUT2D eigenvalue weighted by Crippen LogP contribution is -2.27. The van der Waals surface area contributed by atoms with E-state index >= 15 is 0 Å². The normalized spacial score (nSPS) is 16.4. The first-order valence-electron chi connectivity index (χ1n) is 5.79. The maximum atomic E-state index is 12.0. The lowest BCUT2D eigenvalue weighted by atomic mass is 9.82. The van der Waals surface area contributed by atoms with Crippen LogP contribution in [0.1, 0.15) is 36.1 Å². The average molecular weight is 248 g/mol. The molecule has 0 spiro atoms. The summed E-state index contributed by atoms with van der Waals surface area (Å²) in [6.45, 7) is 8.90. The minimum Gasteiger partial charge on any atom is -0.325 e. The molecule has 1 heterocycles. The number of anilines is 1. The van der Waals surface area contributed by atoms with Crippen LogP contribution >= 0.6 is 0 Å². The highest BCUT2D eigenvalue weighted by Gasteiger charge is 2.46. The molecule has 2 rings (SSSR count). The molecule has 96 valence electrons. The highest BCUT2D eigenvalue weighted by atomic mass is 16.6. The van der Waals surface area contributed by atoms with Gasteiger partial charge in [-0.15, -0.1) is 0 Å². The van der Waals surface area contributed by atoms with Crippen LogP contribution in [0.2, 0.25) is 0 Å². The van der Waals surface area contributed by atoms with Gasteiger partial charge < -0.3 is 5.32 Å². The molecule has 0 saturated heterocycles. The Hall–Kier alpha value is -1.91. The average Bonchev–Trinajstić information content (AvgIpc) is 2.49. The first-order valence-corrected chi connectivity index (χ1v) is 5.79. The van der Waals surface area contributed by atoms with Crippen molar-refractivity contribution in [1.29, 1.82) is 0 Å². The fourth-order valence-corrected chi connectivity index (χ4v) is 2.52. The van der Waals surface area contributed by atoms with Crippen molar-refractivity contribution in [2.24, 2.45) is 0 Å². The van der Waals surface area contributed by atoms with E-state index in [1.807, 2.05) is 13.8 Å². The van der Waals surface area contributed by atoms with E-state index in [1.54, 1.807) is 20.8 Å². The van der Waals surface area contributed by atoms with Gasteiger partial charge in [0.25, 0.3) is 5.69 Å². The van der Waals surface area contributed by atoms with Crippen LogP contribution in [0.15, 0.2) is 0 Å². The van der Waals surface area contributed by atoms with Gasteiger partial charge in [-0.25, -0.2) is 0 Å². The van der Waals surface area contributed by atoms with E-state index < -0.39 is 5.41 Å². The van der Waals surface area contributed by atoms with E-state index in [-0.39, 0.29) is 16.5 Å². The summed E-state index contributed by atoms with van der Waals surface area (Å²) >= 11 is 0. The van der Waals surface area contributed by atoms with E-state index in [0.29, 0.717) is 16.8 Å². The Bertz CT molecular complexity index is 589. The van der Waals surface area contributed by atoms with Crippen molar-refractivity contribution in [3.63, 3.8) is 0 Å². The van der Waals surface area contributed by atoms with Gasteiger partial charge in [0.2, 0.25) is 5.91 Å².